The van der Waals surface area contributed by atoms with Gasteiger partial charge in [0.1, 0.15) is 18.5 Å². The number of hydrogen-bond donors (Lipinski definition) is 1. The highest BCUT2D eigenvalue weighted by atomic mass is 16.1. The lowest BCUT2D eigenvalue weighted by atomic mass is 10.0. The Kier molecular flexibility index (Phi) is 4.75. The largest absolute Gasteiger partial charge is 0.309 e. The van der Waals surface area contributed by atoms with Crippen LogP contribution in [0.3, 0.4) is 0 Å². The van der Waals surface area contributed by atoms with E-state index in [-0.39, 0.29) is 17.6 Å². The first-order valence-corrected chi connectivity index (χ1v) is 9.20. The predicted octanol–water partition coefficient (Wildman–Crippen LogP) is 3.26. The number of aromatic nitrogens is 5. The third-order valence-electron chi connectivity index (χ3n) is 5.31. The van der Waals surface area contributed by atoms with Crippen molar-refractivity contribution in [1.29, 1.82) is 0 Å². The first kappa shape index (κ1) is 18.1. The third-order valence-corrected chi connectivity index (χ3v) is 5.31. The maximum atomic E-state index is 12.4. The minimum Gasteiger partial charge on any atom is -0.309 e. The monoisotopic (exact) mass is 374 g/mol. The van der Waals surface area contributed by atoms with Gasteiger partial charge in [0.05, 0.1) is 22.6 Å². The maximum Gasteiger partial charge on any atom is 0.258 e. The fraction of sp³-hybridized carbons (Fsp3) is 0.238. The lowest BCUT2D eigenvalue weighted by Crippen LogP contribution is -2.28. The molecule has 0 bridgehead atoms. The molecular formula is C21H22N6O. The highest BCUT2D eigenvalue weighted by molar-refractivity contribution is 5.77. The van der Waals surface area contributed by atoms with E-state index >= 15 is 0 Å². The van der Waals surface area contributed by atoms with Crippen molar-refractivity contribution in [2.45, 2.75) is 25.9 Å². The number of rotatable bonds is 5. The number of para-hydroxylation sites is 1. The Morgan fingerprint density at radius 3 is 2.50 bits per heavy atom. The molecule has 2 aromatic heterocycles. The van der Waals surface area contributed by atoms with E-state index in [4.69, 9.17) is 0 Å². The number of fused-ring (bicyclic) bond motifs is 1. The molecule has 1 N–H and O–H groups in total. The summed E-state index contributed by atoms with van der Waals surface area (Å²) in [4.78, 5) is 26.2. The molecule has 0 aliphatic heterocycles. The summed E-state index contributed by atoms with van der Waals surface area (Å²) in [5, 5.41) is 4.76. The van der Waals surface area contributed by atoms with Gasteiger partial charge in [0.15, 0.2) is 0 Å². The second-order valence-corrected chi connectivity index (χ2v) is 6.92. The van der Waals surface area contributed by atoms with Crippen molar-refractivity contribution in [3.05, 3.63) is 82.9 Å². The average molecular weight is 374 g/mol. The standard InChI is InChI=1S/C21H22N6O/c1-14(16-8-10-17(11-9-16)27-13-22-12-23-27)26(3)15(2)20-24-19-7-5-4-6-18(19)21(28)25-20/h4-15H,1-3H3,(H,24,25,28). The Morgan fingerprint density at radius 2 is 1.79 bits per heavy atom. The lowest BCUT2D eigenvalue weighted by Gasteiger charge is -2.30. The van der Waals surface area contributed by atoms with Crippen LogP contribution in [0.1, 0.15) is 37.3 Å². The zero-order valence-electron chi connectivity index (χ0n) is 16.1. The molecule has 2 aromatic carbocycles. The van der Waals surface area contributed by atoms with Crippen molar-refractivity contribution in [3.63, 3.8) is 0 Å². The molecule has 2 unspecified atom stereocenters. The fourth-order valence-electron chi connectivity index (χ4n) is 3.31. The van der Waals surface area contributed by atoms with Crippen LogP contribution in [-0.2, 0) is 0 Å². The number of hydrogen-bond acceptors (Lipinski definition) is 5. The van der Waals surface area contributed by atoms with Gasteiger partial charge in [0, 0.05) is 6.04 Å². The number of nitrogens with zero attached hydrogens (tertiary/aromatic N) is 5. The Bertz CT molecular complexity index is 1130. The average Bonchev–Trinajstić information content (AvgIpc) is 3.27. The zero-order valence-corrected chi connectivity index (χ0v) is 16.1. The Balaban J connectivity index is 1.58. The Hall–Kier alpha value is -3.32. The van der Waals surface area contributed by atoms with Gasteiger partial charge in [-0.25, -0.2) is 14.6 Å². The van der Waals surface area contributed by atoms with Gasteiger partial charge in [0.25, 0.3) is 5.56 Å². The summed E-state index contributed by atoms with van der Waals surface area (Å²) in [7, 11) is 2.04. The van der Waals surface area contributed by atoms with Gasteiger partial charge in [-0.1, -0.05) is 24.3 Å². The smallest absolute Gasteiger partial charge is 0.258 e. The maximum absolute atomic E-state index is 12.4. The van der Waals surface area contributed by atoms with E-state index in [1.165, 1.54) is 11.9 Å². The van der Waals surface area contributed by atoms with Gasteiger partial charge in [-0.2, -0.15) is 5.10 Å². The van der Waals surface area contributed by atoms with E-state index in [1.54, 1.807) is 17.1 Å². The van der Waals surface area contributed by atoms with Crippen molar-refractivity contribution >= 4 is 10.9 Å². The summed E-state index contributed by atoms with van der Waals surface area (Å²) in [6, 6.07) is 15.7. The number of H-pyrrole nitrogens is 1. The van der Waals surface area contributed by atoms with Gasteiger partial charge < -0.3 is 4.98 Å². The first-order chi connectivity index (χ1) is 13.5. The van der Waals surface area contributed by atoms with Crippen molar-refractivity contribution in [2.75, 3.05) is 7.05 Å². The van der Waals surface area contributed by atoms with E-state index in [0.29, 0.717) is 16.7 Å². The second-order valence-electron chi connectivity index (χ2n) is 6.92. The van der Waals surface area contributed by atoms with Crippen molar-refractivity contribution < 1.29 is 0 Å². The molecule has 142 valence electrons. The Morgan fingerprint density at radius 1 is 1.04 bits per heavy atom. The van der Waals surface area contributed by atoms with Crippen molar-refractivity contribution in [3.8, 4) is 5.69 Å². The summed E-state index contributed by atoms with van der Waals surface area (Å²) in [6.45, 7) is 4.19. The van der Waals surface area contributed by atoms with E-state index in [1.807, 2.05) is 44.3 Å². The molecule has 0 fully saturated rings. The molecule has 0 saturated heterocycles. The molecule has 2 atom stereocenters. The Labute approximate surface area is 162 Å². The van der Waals surface area contributed by atoms with Crippen LogP contribution in [-0.4, -0.2) is 36.7 Å². The van der Waals surface area contributed by atoms with Gasteiger partial charge in [-0.15, -0.1) is 0 Å². The molecule has 0 aliphatic rings. The molecule has 4 rings (SSSR count). The molecule has 0 aliphatic carbocycles. The minimum atomic E-state index is -0.106. The number of nitrogens with one attached hydrogen (secondary N) is 1. The molecule has 0 amide bonds. The molecule has 4 aromatic rings. The van der Waals surface area contributed by atoms with Crippen molar-refractivity contribution in [1.82, 2.24) is 29.6 Å². The van der Waals surface area contributed by atoms with E-state index < -0.39 is 0 Å². The number of benzene rings is 2. The van der Waals surface area contributed by atoms with Crippen LogP contribution in [0.2, 0.25) is 0 Å². The molecule has 2 heterocycles. The summed E-state index contributed by atoms with van der Waals surface area (Å²) in [6.07, 6.45) is 3.19. The lowest BCUT2D eigenvalue weighted by molar-refractivity contribution is 0.192. The van der Waals surface area contributed by atoms with Crippen LogP contribution < -0.4 is 5.56 Å². The summed E-state index contributed by atoms with van der Waals surface area (Å²) in [5.74, 6) is 0.664. The van der Waals surface area contributed by atoms with E-state index in [9.17, 15) is 4.79 Å². The van der Waals surface area contributed by atoms with Crippen molar-refractivity contribution in [2.24, 2.45) is 0 Å². The highest BCUT2D eigenvalue weighted by Crippen LogP contribution is 2.27. The van der Waals surface area contributed by atoms with Crippen LogP contribution in [0.25, 0.3) is 16.6 Å². The topological polar surface area (TPSA) is 79.7 Å². The molecular weight excluding hydrogens is 352 g/mol. The van der Waals surface area contributed by atoms with Crippen LogP contribution in [0.15, 0.2) is 66.0 Å². The van der Waals surface area contributed by atoms with E-state index in [0.717, 1.165) is 5.69 Å². The minimum absolute atomic E-state index is 0.0534. The van der Waals surface area contributed by atoms with Crippen LogP contribution >= 0.6 is 0 Å². The van der Waals surface area contributed by atoms with Gasteiger partial charge in [-0.05, 0) is 50.7 Å². The second kappa shape index (κ2) is 7.36. The van der Waals surface area contributed by atoms with Gasteiger partial charge in [-0.3, -0.25) is 9.69 Å². The normalized spacial score (nSPS) is 13.7. The van der Waals surface area contributed by atoms with Gasteiger partial charge >= 0.3 is 0 Å². The molecule has 7 heteroatoms. The summed E-state index contributed by atoms with van der Waals surface area (Å²) < 4.78 is 1.73. The van der Waals surface area contributed by atoms with Crippen LogP contribution in [0.5, 0.6) is 0 Å². The van der Waals surface area contributed by atoms with Crippen LogP contribution in [0, 0.1) is 0 Å². The highest BCUT2D eigenvalue weighted by Gasteiger charge is 2.21. The van der Waals surface area contributed by atoms with E-state index in [2.05, 4.69) is 44.0 Å². The zero-order chi connectivity index (χ0) is 19.7. The molecule has 0 radical (unpaired) electrons. The molecule has 7 nitrogen and oxygen atoms in total. The van der Waals surface area contributed by atoms with Gasteiger partial charge in [0.2, 0.25) is 0 Å². The third kappa shape index (κ3) is 3.32. The summed E-state index contributed by atoms with van der Waals surface area (Å²) in [5.41, 5.74) is 2.74. The molecule has 0 spiro atoms. The quantitative estimate of drug-likeness (QED) is 0.580. The first-order valence-electron chi connectivity index (χ1n) is 9.20. The fourth-order valence-corrected chi connectivity index (χ4v) is 3.31. The predicted molar refractivity (Wildman–Crippen MR) is 108 cm³/mol. The number of aromatic amines is 1. The summed E-state index contributed by atoms with van der Waals surface area (Å²) >= 11 is 0. The van der Waals surface area contributed by atoms with Crippen LogP contribution in [0.4, 0.5) is 0 Å². The molecule has 28 heavy (non-hydrogen) atoms. The molecule has 0 saturated carbocycles. The SMILES string of the molecule is CC(c1ccc(-n2cncn2)cc1)N(C)C(C)c1nc2ccccc2c(=O)[nH]1.